The largest absolute Gasteiger partial charge is 0.481 e. The van der Waals surface area contributed by atoms with Crippen LogP contribution in [-0.2, 0) is 4.79 Å². The third-order valence-electron chi connectivity index (χ3n) is 3.40. The molecule has 0 aromatic rings. The van der Waals surface area contributed by atoms with Gasteiger partial charge in [-0.15, -0.1) is 0 Å². The van der Waals surface area contributed by atoms with Gasteiger partial charge in [0.25, 0.3) is 0 Å². The van der Waals surface area contributed by atoms with Crippen molar-refractivity contribution in [2.24, 2.45) is 11.8 Å². The molecule has 0 bridgehead atoms. The molecule has 1 aliphatic carbocycles. The van der Waals surface area contributed by atoms with Crippen LogP contribution in [0.15, 0.2) is 0 Å². The highest BCUT2D eigenvalue weighted by Gasteiger charge is 2.33. The van der Waals surface area contributed by atoms with E-state index in [1.165, 1.54) is 6.42 Å². The Hall–Kier alpha value is -1.26. The number of hydrogen-bond donors (Lipinski definition) is 3. The number of carboxylic acid groups (broad SMARTS) is 1. The molecule has 0 heterocycles. The van der Waals surface area contributed by atoms with Crippen LogP contribution in [0.3, 0.4) is 0 Å². The summed E-state index contributed by atoms with van der Waals surface area (Å²) in [6.45, 7) is 5.03. The van der Waals surface area contributed by atoms with E-state index in [0.717, 1.165) is 25.7 Å². The van der Waals surface area contributed by atoms with Gasteiger partial charge in [-0.3, -0.25) is 4.79 Å². The Morgan fingerprint density at radius 2 is 1.95 bits per heavy atom. The van der Waals surface area contributed by atoms with Crippen LogP contribution in [0.4, 0.5) is 4.79 Å². The molecule has 110 valence electrons. The Balaban J connectivity index is 2.12. The second-order valence-corrected chi connectivity index (χ2v) is 5.83. The van der Waals surface area contributed by atoms with Gasteiger partial charge >= 0.3 is 12.0 Å². The lowest BCUT2D eigenvalue weighted by Crippen LogP contribution is -2.44. The van der Waals surface area contributed by atoms with Crippen molar-refractivity contribution in [3.8, 4) is 0 Å². The van der Waals surface area contributed by atoms with Crippen molar-refractivity contribution in [2.75, 3.05) is 6.54 Å². The van der Waals surface area contributed by atoms with Crippen molar-refractivity contribution in [2.45, 2.75) is 58.4 Å². The Morgan fingerprint density at radius 1 is 1.26 bits per heavy atom. The summed E-state index contributed by atoms with van der Waals surface area (Å²) in [4.78, 5) is 22.4. The van der Waals surface area contributed by atoms with Crippen LogP contribution >= 0.6 is 0 Å². The quantitative estimate of drug-likeness (QED) is 0.563. The van der Waals surface area contributed by atoms with Gasteiger partial charge in [0.05, 0.1) is 6.42 Å². The first-order valence-corrected chi connectivity index (χ1v) is 7.25. The Labute approximate surface area is 115 Å². The van der Waals surface area contributed by atoms with E-state index in [-0.39, 0.29) is 18.5 Å². The first kappa shape index (κ1) is 15.8. The number of unbranched alkanes of at least 4 members (excludes halogenated alkanes) is 1. The normalized spacial score (nSPS) is 16.2. The lowest BCUT2D eigenvalue weighted by Gasteiger charge is -2.16. The van der Waals surface area contributed by atoms with Crippen molar-refractivity contribution < 1.29 is 14.7 Å². The number of carbonyl (C=O) groups excluding carboxylic acids is 1. The highest BCUT2D eigenvalue weighted by Crippen LogP contribution is 2.33. The monoisotopic (exact) mass is 270 g/mol. The molecule has 0 radical (unpaired) electrons. The summed E-state index contributed by atoms with van der Waals surface area (Å²) in [5.74, 6) is 0.195. The smallest absolute Gasteiger partial charge is 0.315 e. The van der Waals surface area contributed by atoms with E-state index in [0.29, 0.717) is 18.4 Å². The molecule has 19 heavy (non-hydrogen) atoms. The van der Waals surface area contributed by atoms with Crippen LogP contribution in [0.5, 0.6) is 0 Å². The predicted octanol–water partition coefficient (Wildman–Crippen LogP) is 2.37. The zero-order valence-corrected chi connectivity index (χ0v) is 11.9. The average molecular weight is 270 g/mol. The van der Waals surface area contributed by atoms with Crippen molar-refractivity contribution in [1.82, 2.24) is 10.6 Å². The third-order valence-corrected chi connectivity index (χ3v) is 3.40. The second-order valence-electron chi connectivity index (χ2n) is 5.83. The highest BCUT2D eigenvalue weighted by atomic mass is 16.4. The van der Waals surface area contributed by atoms with Gasteiger partial charge in [-0.1, -0.05) is 26.7 Å². The summed E-state index contributed by atoms with van der Waals surface area (Å²) >= 11 is 0. The maximum absolute atomic E-state index is 11.6. The molecular formula is C14H26N2O3. The molecule has 1 rings (SSSR count). The number of carbonyl (C=O) groups is 2. The van der Waals surface area contributed by atoms with Gasteiger partial charge in [0.15, 0.2) is 0 Å². The van der Waals surface area contributed by atoms with Gasteiger partial charge in [-0.05, 0) is 31.1 Å². The first-order chi connectivity index (χ1) is 8.99. The van der Waals surface area contributed by atoms with Crippen LogP contribution < -0.4 is 10.6 Å². The SMILES string of the molecule is CC(C)CCCCNC(=O)NC(CC(=O)O)C1CC1. The number of carboxylic acids is 1. The molecule has 0 saturated heterocycles. The van der Waals surface area contributed by atoms with Crippen molar-refractivity contribution in [1.29, 1.82) is 0 Å². The number of urea groups is 1. The number of hydrogen-bond acceptors (Lipinski definition) is 2. The topological polar surface area (TPSA) is 78.4 Å². The maximum atomic E-state index is 11.6. The summed E-state index contributed by atoms with van der Waals surface area (Å²) in [7, 11) is 0. The molecule has 0 aliphatic heterocycles. The van der Waals surface area contributed by atoms with Gasteiger partial charge in [-0.25, -0.2) is 4.79 Å². The van der Waals surface area contributed by atoms with E-state index >= 15 is 0 Å². The van der Waals surface area contributed by atoms with Gasteiger partial charge in [0, 0.05) is 12.6 Å². The Bertz CT molecular complexity index is 301. The maximum Gasteiger partial charge on any atom is 0.315 e. The fourth-order valence-corrected chi connectivity index (χ4v) is 2.12. The van der Waals surface area contributed by atoms with Crippen molar-refractivity contribution >= 4 is 12.0 Å². The van der Waals surface area contributed by atoms with E-state index in [2.05, 4.69) is 24.5 Å². The molecule has 1 aliphatic rings. The van der Waals surface area contributed by atoms with Crippen LogP contribution in [-0.4, -0.2) is 29.7 Å². The summed E-state index contributed by atoms with van der Waals surface area (Å²) < 4.78 is 0. The zero-order valence-electron chi connectivity index (χ0n) is 11.9. The minimum atomic E-state index is -0.853. The molecular weight excluding hydrogens is 244 g/mol. The zero-order chi connectivity index (χ0) is 14.3. The van der Waals surface area contributed by atoms with E-state index in [9.17, 15) is 9.59 Å². The van der Waals surface area contributed by atoms with Crippen LogP contribution in [0.2, 0.25) is 0 Å². The lowest BCUT2D eigenvalue weighted by atomic mass is 10.1. The first-order valence-electron chi connectivity index (χ1n) is 7.25. The second kappa shape index (κ2) is 8.02. The van der Waals surface area contributed by atoms with E-state index < -0.39 is 5.97 Å². The molecule has 0 aromatic carbocycles. The van der Waals surface area contributed by atoms with Crippen molar-refractivity contribution in [3.63, 3.8) is 0 Å². The third kappa shape index (κ3) is 7.70. The fraction of sp³-hybridized carbons (Fsp3) is 0.857. The minimum Gasteiger partial charge on any atom is -0.481 e. The van der Waals surface area contributed by atoms with Crippen molar-refractivity contribution in [3.05, 3.63) is 0 Å². The number of nitrogens with one attached hydrogen (secondary N) is 2. The van der Waals surface area contributed by atoms with E-state index in [1.54, 1.807) is 0 Å². The number of aliphatic carboxylic acids is 1. The molecule has 5 nitrogen and oxygen atoms in total. The van der Waals surface area contributed by atoms with Crippen LogP contribution in [0.1, 0.15) is 52.4 Å². The molecule has 1 atom stereocenters. The number of amides is 2. The molecule has 0 aromatic heterocycles. The predicted molar refractivity (Wildman–Crippen MR) is 74.0 cm³/mol. The van der Waals surface area contributed by atoms with Gasteiger partial charge < -0.3 is 15.7 Å². The summed E-state index contributed by atoms with van der Waals surface area (Å²) in [6.07, 6.45) is 5.31. The lowest BCUT2D eigenvalue weighted by molar-refractivity contribution is -0.137. The molecule has 1 fully saturated rings. The standard InChI is InChI=1S/C14H26N2O3/c1-10(2)5-3-4-8-15-14(19)16-12(9-13(17)18)11-6-7-11/h10-12H,3-9H2,1-2H3,(H,17,18)(H2,15,16,19). The molecule has 1 unspecified atom stereocenters. The average Bonchev–Trinajstić information content (AvgIpc) is 3.10. The molecule has 1 saturated carbocycles. The van der Waals surface area contributed by atoms with Gasteiger partial charge in [0.1, 0.15) is 0 Å². The van der Waals surface area contributed by atoms with Crippen LogP contribution in [0, 0.1) is 11.8 Å². The highest BCUT2D eigenvalue weighted by molar-refractivity contribution is 5.75. The van der Waals surface area contributed by atoms with Crippen LogP contribution in [0.25, 0.3) is 0 Å². The summed E-state index contributed by atoms with van der Waals surface area (Å²) in [6, 6.07) is -0.448. The Morgan fingerprint density at radius 3 is 2.47 bits per heavy atom. The van der Waals surface area contributed by atoms with Gasteiger partial charge in [0.2, 0.25) is 0 Å². The number of rotatable bonds is 9. The molecule has 0 spiro atoms. The van der Waals surface area contributed by atoms with Gasteiger partial charge in [-0.2, -0.15) is 0 Å². The van der Waals surface area contributed by atoms with E-state index in [1.807, 2.05) is 0 Å². The summed E-state index contributed by atoms with van der Waals surface area (Å²) in [5, 5.41) is 14.4. The Kier molecular flexibility index (Phi) is 6.67. The fourth-order valence-electron chi connectivity index (χ4n) is 2.12. The molecule has 3 N–H and O–H groups in total. The minimum absolute atomic E-state index is 0.0193. The molecule has 2 amide bonds. The van der Waals surface area contributed by atoms with E-state index in [4.69, 9.17) is 5.11 Å². The summed E-state index contributed by atoms with van der Waals surface area (Å²) in [5.41, 5.74) is 0. The molecule has 5 heteroatoms.